The van der Waals surface area contributed by atoms with Crippen LogP contribution in [0.2, 0.25) is 15.1 Å². The topological polar surface area (TPSA) is 42.2 Å². The fraction of sp³-hybridized carbons (Fsp3) is 0.0556. The van der Waals surface area contributed by atoms with Crippen LogP contribution in [0.4, 0.5) is 5.69 Å². The van der Waals surface area contributed by atoms with Gasteiger partial charge in [-0.1, -0.05) is 46.9 Å². The summed E-state index contributed by atoms with van der Waals surface area (Å²) in [5.41, 5.74) is 2.16. The van der Waals surface area contributed by atoms with Crippen LogP contribution >= 0.6 is 34.8 Å². The summed E-state index contributed by atoms with van der Waals surface area (Å²) in [6, 6.07) is 13.8. The standard InChI is InChI=1S/C18H12Cl3NO2/c1-10-5-6-11(19)9-14(10)22-18(23)16-8-7-15(24-16)12-3-2-4-13(20)17(12)21/h2-9H,1H3,(H,22,23). The second kappa shape index (κ2) is 6.89. The first-order valence-corrected chi connectivity index (χ1v) is 8.21. The molecule has 2 aromatic carbocycles. The van der Waals surface area contributed by atoms with Crippen LogP contribution in [0, 0.1) is 6.92 Å². The average molecular weight is 381 g/mol. The Hall–Kier alpha value is -1.94. The van der Waals surface area contributed by atoms with Crippen molar-refractivity contribution in [1.29, 1.82) is 0 Å². The Bertz CT molecular complexity index is 918. The average Bonchev–Trinajstić information content (AvgIpc) is 3.03. The normalized spacial score (nSPS) is 10.7. The van der Waals surface area contributed by atoms with Gasteiger partial charge in [0.05, 0.1) is 10.0 Å². The minimum absolute atomic E-state index is 0.167. The SMILES string of the molecule is Cc1ccc(Cl)cc1NC(=O)c1ccc(-c2cccc(Cl)c2Cl)o1. The third-order valence-electron chi connectivity index (χ3n) is 3.49. The molecule has 122 valence electrons. The van der Waals surface area contributed by atoms with Crippen LogP contribution in [0.5, 0.6) is 0 Å². The molecule has 1 aromatic heterocycles. The predicted octanol–water partition coefficient (Wildman–Crippen LogP) is 6.47. The number of carbonyl (C=O) groups excluding carboxylic acids is 1. The number of hydrogen-bond donors (Lipinski definition) is 1. The molecule has 3 nitrogen and oxygen atoms in total. The summed E-state index contributed by atoms with van der Waals surface area (Å²) < 4.78 is 5.62. The van der Waals surface area contributed by atoms with Gasteiger partial charge in [0.15, 0.2) is 5.76 Å². The Balaban J connectivity index is 1.86. The van der Waals surface area contributed by atoms with Crippen molar-refractivity contribution in [3.05, 3.63) is 74.9 Å². The van der Waals surface area contributed by atoms with Crippen molar-refractivity contribution >= 4 is 46.4 Å². The van der Waals surface area contributed by atoms with Gasteiger partial charge in [-0.15, -0.1) is 0 Å². The zero-order valence-electron chi connectivity index (χ0n) is 12.6. The summed E-state index contributed by atoms with van der Waals surface area (Å²) in [5, 5.41) is 4.13. The molecule has 3 aromatic rings. The Morgan fingerprint density at radius 2 is 1.83 bits per heavy atom. The number of rotatable bonds is 3. The number of benzene rings is 2. The number of carbonyl (C=O) groups is 1. The van der Waals surface area contributed by atoms with E-state index in [1.807, 2.05) is 13.0 Å². The van der Waals surface area contributed by atoms with Crippen molar-refractivity contribution in [1.82, 2.24) is 0 Å². The molecule has 0 aliphatic rings. The monoisotopic (exact) mass is 379 g/mol. The molecule has 1 heterocycles. The zero-order valence-corrected chi connectivity index (χ0v) is 14.8. The summed E-state index contributed by atoms with van der Waals surface area (Å²) in [6.45, 7) is 1.88. The van der Waals surface area contributed by atoms with Gasteiger partial charge in [0.2, 0.25) is 0 Å². The molecule has 0 radical (unpaired) electrons. The van der Waals surface area contributed by atoms with Gasteiger partial charge in [-0.25, -0.2) is 0 Å². The molecule has 3 rings (SSSR count). The maximum atomic E-state index is 12.4. The smallest absolute Gasteiger partial charge is 0.291 e. The van der Waals surface area contributed by atoms with E-state index in [0.29, 0.717) is 32.1 Å². The van der Waals surface area contributed by atoms with Gasteiger partial charge in [-0.3, -0.25) is 4.79 Å². The maximum absolute atomic E-state index is 12.4. The van der Waals surface area contributed by atoms with E-state index >= 15 is 0 Å². The maximum Gasteiger partial charge on any atom is 0.291 e. The van der Waals surface area contributed by atoms with Gasteiger partial charge in [0.1, 0.15) is 5.76 Å². The van der Waals surface area contributed by atoms with Gasteiger partial charge in [0, 0.05) is 16.3 Å². The van der Waals surface area contributed by atoms with E-state index in [1.54, 1.807) is 42.5 Å². The number of amides is 1. The highest BCUT2D eigenvalue weighted by Crippen LogP contribution is 2.34. The number of halogens is 3. The fourth-order valence-electron chi connectivity index (χ4n) is 2.21. The van der Waals surface area contributed by atoms with Crippen LogP contribution in [0.15, 0.2) is 52.9 Å². The number of furan rings is 1. The largest absolute Gasteiger partial charge is 0.451 e. The van der Waals surface area contributed by atoms with Gasteiger partial charge in [-0.05, 0) is 48.9 Å². The molecule has 0 aliphatic heterocycles. The highest BCUT2D eigenvalue weighted by Gasteiger charge is 2.16. The molecule has 0 unspecified atom stereocenters. The van der Waals surface area contributed by atoms with E-state index in [4.69, 9.17) is 39.2 Å². The zero-order chi connectivity index (χ0) is 17.3. The third kappa shape index (κ3) is 3.44. The van der Waals surface area contributed by atoms with Crippen molar-refractivity contribution in [3.63, 3.8) is 0 Å². The summed E-state index contributed by atoms with van der Waals surface area (Å²) in [4.78, 5) is 12.4. The van der Waals surface area contributed by atoms with Gasteiger partial charge in [0.25, 0.3) is 5.91 Å². The highest BCUT2D eigenvalue weighted by atomic mass is 35.5. The summed E-state index contributed by atoms with van der Waals surface area (Å²) in [6.07, 6.45) is 0. The van der Waals surface area contributed by atoms with Crippen LogP contribution in [0.3, 0.4) is 0 Å². The fourth-order valence-corrected chi connectivity index (χ4v) is 2.78. The number of anilines is 1. The minimum Gasteiger partial charge on any atom is -0.451 e. The number of aryl methyl sites for hydroxylation is 1. The highest BCUT2D eigenvalue weighted by molar-refractivity contribution is 6.43. The first-order valence-electron chi connectivity index (χ1n) is 7.07. The predicted molar refractivity (Wildman–Crippen MR) is 98.3 cm³/mol. The Labute approximate surface area is 154 Å². The quantitative estimate of drug-likeness (QED) is 0.566. The molecule has 24 heavy (non-hydrogen) atoms. The summed E-state index contributed by atoms with van der Waals surface area (Å²) in [7, 11) is 0. The molecule has 0 saturated heterocycles. The number of nitrogens with one attached hydrogen (secondary N) is 1. The third-order valence-corrected chi connectivity index (χ3v) is 4.55. The molecule has 0 aliphatic carbocycles. The Morgan fingerprint density at radius 1 is 1.04 bits per heavy atom. The second-order valence-electron chi connectivity index (χ2n) is 5.18. The molecule has 0 fully saturated rings. The van der Waals surface area contributed by atoms with E-state index in [9.17, 15) is 4.79 Å². The van der Waals surface area contributed by atoms with E-state index in [1.165, 1.54) is 0 Å². The van der Waals surface area contributed by atoms with Crippen molar-refractivity contribution in [2.75, 3.05) is 5.32 Å². The molecule has 0 spiro atoms. The van der Waals surface area contributed by atoms with Gasteiger partial charge >= 0.3 is 0 Å². The number of hydrogen-bond acceptors (Lipinski definition) is 2. The van der Waals surface area contributed by atoms with Crippen LogP contribution < -0.4 is 5.32 Å². The molecule has 0 saturated carbocycles. The van der Waals surface area contributed by atoms with Crippen LogP contribution in [0.25, 0.3) is 11.3 Å². The van der Waals surface area contributed by atoms with E-state index in [0.717, 1.165) is 5.56 Å². The molecule has 6 heteroatoms. The first-order chi connectivity index (χ1) is 11.5. The summed E-state index contributed by atoms with van der Waals surface area (Å²) in [5.74, 6) is 0.264. The van der Waals surface area contributed by atoms with Crippen LogP contribution in [-0.2, 0) is 0 Å². The molecule has 0 bridgehead atoms. The van der Waals surface area contributed by atoms with Crippen LogP contribution in [-0.4, -0.2) is 5.91 Å². The van der Waals surface area contributed by atoms with Gasteiger partial charge in [-0.2, -0.15) is 0 Å². The van der Waals surface area contributed by atoms with Crippen molar-refractivity contribution < 1.29 is 9.21 Å². The Kier molecular flexibility index (Phi) is 4.86. The lowest BCUT2D eigenvalue weighted by molar-refractivity contribution is 0.0997. The molecule has 1 amide bonds. The lowest BCUT2D eigenvalue weighted by Crippen LogP contribution is -2.11. The van der Waals surface area contributed by atoms with Gasteiger partial charge < -0.3 is 9.73 Å². The molecule has 1 N–H and O–H groups in total. The van der Waals surface area contributed by atoms with Crippen molar-refractivity contribution in [3.8, 4) is 11.3 Å². The van der Waals surface area contributed by atoms with Crippen molar-refractivity contribution in [2.24, 2.45) is 0 Å². The Morgan fingerprint density at radius 3 is 2.62 bits per heavy atom. The van der Waals surface area contributed by atoms with E-state index < -0.39 is 0 Å². The minimum atomic E-state index is -0.371. The molecular weight excluding hydrogens is 369 g/mol. The lowest BCUT2D eigenvalue weighted by Gasteiger charge is -2.07. The molecule has 0 atom stereocenters. The van der Waals surface area contributed by atoms with Crippen LogP contribution in [0.1, 0.15) is 16.1 Å². The lowest BCUT2D eigenvalue weighted by atomic mass is 10.2. The second-order valence-corrected chi connectivity index (χ2v) is 6.40. The molecular formula is C18H12Cl3NO2. The summed E-state index contributed by atoms with van der Waals surface area (Å²) >= 11 is 18.1. The first kappa shape index (κ1) is 16.9. The van der Waals surface area contributed by atoms with E-state index in [-0.39, 0.29) is 11.7 Å². The van der Waals surface area contributed by atoms with E-state index in [2.05, 4.69) is 5.32 Å². The van der Waals surface area contributed by atoms with Crippen molar-refractivity contribution in [2.45, 2.75) is 6.92 Å².